The SMILES string of the molecule is CCCCOc1ccccc1NC(=O)c1ccccc1. The quantitative estimate of drug-likeness (QED) is 0.801. The zero-order valence-corrected chi connectivity index (χ0v) is 11.6. The third-order valence-electron chi connectivity index (χ3n) is 2.93. The number of benzene rings is 2. The van der Waals surface area contributed by atoms with E-state index in [-0.39, 0.29) is 5.91 Å². The highest BCUT2D eigenvalue weighted by atomic mass is 16.5. The van der Waals surface area contributed by atoms with Gasteiger partial charge in [-0.05, 0) is 30.7 Å². The van der Waals surface area contributed by atoms with Crippen molar-refractivity contribution in [2.24, 2.45) is 0 Å². The Morgan fingerprint density at radius 3 is 2.50 bits per heavy atom. The maximum atomic E-state index is 12.1. The van der Waals surface area contributed by atoms with E-state index in [0.717, 1.165) is 12.8 Å². The van der Waals surface area contributed by atoms with Crippen molar-refractivity contribution < 1.29 is 9.53 Å². The molecule has 0 radical (unpaired) electrons. The predicted molar refractivity (Wildman–Crippen MR) is 81.2 cm³/mol. The standard InChI is InChI=1S/C17H19NO2/c1-2-3-13-20-16-12-8-7-11-15(16)18-17(19)14-9-5-4-6-10-14/h4-12H,2-3,13H2,1H3,(H,18,19). The molecule has 0 saturated carbocycles. The number of carbonyl (C=O) groups is 1. The second kappa shape index (κ2) is 7.34. The Labute approximate surface area is 119 Å². The van der Waals surface area contributed by atoms with E-state index in [4.69, 9.17) is 4.74 Å². The van der Waals surface area contributed by atoms with Crippen molar-refractivity contribution in [3.63, 3.8) is 0 Å². The summed E-state index contributed by atoms with van der Waals surface area (Å²) in [5.41, 5.74) is 1.34. The summed E-state index contributed by atoms with van der Waals surface area (Å²) >= 11 is 0. The largest absolute Gasteiger partial charge is 0.491 e. The van der Waals surface area contributed by atoms with E-state index in [1.54, 1.807) is 12.1 Å². The van der Waals surface area contributed by atoms with E-state index in [2.05, 4.69) is 12.2 Å². The van der Waals surface area contributed by atoms with Crippen LogP contribution in [0.25, 0.3) is 0 Å². The molecule has 1 amide bonds. The highest BCUT2D eigenvalue weighted by Crippen LogP contribution is 2.24. The molecule has 0 aliphatic heterocycles. The van der Waals surface area contributed by atoms with Crippen LogP contribution in [-0.4, -0.2) is 12.5 Å². The fourth-order valence-corrected chi connectivity index (χ4v) is 1.81. The summed E-state index contributed by atoms with van der Waals surface area (Å²) in [5.74, 6) is 0.586. The van der Waals surface area contributed by atoms with Crippen LogP contribution in [-0.2, 0) is 0 Å². The Morgan fingerprint density at radius 1 is 1.05 bits per heavy atom. The summed E-state index contributed by atoms with van der Waals surface area (Å²) in [4.78, 5) is 12.1. The number of nitrogens with one attached hydrogen (secondary N) is 1. The Hall–Kier alpha value is -2.29. The van der Waals surface area contributed by atoms with Gasteiger partial charge in [-0.2, -0.15) is 0 Å². The predicted octanol–water partition coefficient (Wildman–Crippen LogP) is 4.12. The molecular formula is C17H19NO2. The highest BCUT2D eigenvalue weighted by Gasteiger charge is 2.08. The average Bonchev–Trinajstić information content (AvgIpc) is 2.50. The monoisotopic (exact) mass is 269 g/mol. The molecule has 1 N–H and O–H groups in total. The van der Waals surface area contributed by atoms with Crippen LogP contribution in [0, 0.1) is 0 Å². The third kappa shape index (κ3) is 3.85. The molecule has 0 atom stereocenters. The van der Waals surface area contributed by atoms with Crippen molar-refractivity contribution in [1.29, 1.82) is 0 Å². The van der Waals surface area contributed by atoms with Crippen molar-refractivity contribution in [2.45, 2.75) is 19.8 Å². The van der Waals surface area contributed by atoms with Gasteiger partial charge in [0, 0.05) is 5.56 Å². The lowest BCUT2D eigenvalue weighted by Crippen LogP contribution is -2.12. The Bertz CT molecular complexity index is 552. The second-order valence-electron chi connectivity index (χ2n) is 4.52. The van der Waals surface area contributed by atoms with Gasteiger partial charge in [0.1, 0.15) is 5.75 Å². The number of amides is 1. The zero-order valence-electron chi connectivity index (χ0n) is 11.6. The minimum atomic E-state index is -0.128. The summed E-state index contributed by atoms with van der Waals surface area (Å²) < 4.78 is 5.70. The highest BCUT2D eigenvalue weighted by molar-refractivity contribution is 6.04. The van der Waals surface area contributed by atoms with Gasteiger partial charge in [-0.1, -0.05) is 43.7 Å². The van der Waals surface area contributed by atoms with Gasteiger partial charge in [-0.25, -0.2) is 0 Å². The maximum Gasteiger partial charge on any atom is 0.255 e. The summed E-state index contributed by atoms with van der Waals surface area (Å²) in [6.07, 6.45) is 2.08. The van der Waals surface area contributed by atoms with Crippen LogP contribution < -0.4 is 10.1 Å². The first-order valence-corrected chi connectivity index (χ1v) is 6.89. The van der Waals surface area contributed by atoms with Crippen molar-refractivity contribution in [3.05, 3.63) is 60.2 Å². The molecule has 104 valence electrons. The van der Waals surface area contributed by atoms with Gasteiger partial charge >= 0.3 is 0 Å². The van der Waals surface area contributed by atoms with Crippen molar-refractivity contribution in [3.8, 4) is 5.75 Å². The molecule has 2 aromatic rings. The van der Waals surface area contributed by atoms with Gasteiger partial charge in [-0.15, -0.1) is 0 Å². The van der Waals surface area contributed by atoms with Crippen LogP contribution in [0.4, 0.5) is 5.69 Å². The lowest BCUT2D eigenvalue weighted by atomic mass is 10.2. The van der Waals surface area contributed by atoms with Gasteiger partial charge in [0.2, 0.25) is 0 Å². The molecule has 0 heterocycles. The van der Waals surface area contributed by atoms with E-state index < -0.39 is 0 Å². The minimum absolute atomic E-state index is 0.128. The minimum Gasteiger partial charge on any atom is -0.491 e. The van der Waals surface area contributed by atoms with E-state index in [9.17, 15) is 4.79 Å². The normalized spacial score (nSPS) is 10.1. The van der Waals surface area contributed by atoms with Crippen LogP contribution >= 0.6 is 0 Å². The first kappa shape index (κ1) is 14.1. The smallest absolute Gasteiger partial charge is 0.255 e. The number of unbranched alkanes of at least 4 members (excludes halogenated alkanes) is 1. The molecule has 0 aromatic heterocycles. The first-order valence-electron chi connectivity index (χ1n) is 6.89. The molecule has 0 saturated heterocycles. The van der Waals surface area contributed by atoms with Crippen LogP contribution in [0.1, 0.15) is 30.1 Å². The molecule has 0 spiro atoms. The molecule has 20 heavy (non-hydrogen) atoms. The Balaban J connectivity index is 2.07. The fraction of sp³-hybridized carbons (Fsp3) is 0.235. The molecule has 0 unspecified atom stereocenters. The molecule has 0 aliphatic carbocycles. The molecule has 0 aliphatic rings. The number of para-hydroxylation sites is 2. The maximum absolute atomic E-state index is 12.1. The zero-order chi connectivity index (χ0) is 14.2. The third-order valence-corrected chi connectivity index (χ3v) is 2.93. The van der Waals surface area contributed by atoms with Gasteiger partial charge in [-0.3, -0.25) is 4.79 Å². The number of carbonyl (C=O) groups excluding carboxylic acids is 1. The van der Waals surface area contributed by atoms with E-state index in [1.165, 1.54) is 0 Å². The number of hydrogen-bond donors (Lipinski definition) is 1. The van der Waals surface area contributed by atoms with E-state index in [1.807, 2.05) is 42.5 Å². The molecule has 3 heteroatoms. The second-order valence-corrected chi connectivity index (χ2v) is 4.52. The summed E-state index contributed by atoms with van der Waals surface area (Å²) in [7, 11) is 0. The van der Waals surface area contributed by atoms with Crippen molar-refractivity contribution in [1.82, 2.24) is 0 Å². The van der Waals surface area contributed by atoms with Gasteiger partial charge in [0.25, 0.3) is 5.91 Å². The lowest BCUT2D eigenvalue weighted by molar-refractivity contribution is 0.102. The van der Waals surface area contributed by atoms with Crippen molar-refractivity contribution in [2.75, 3.05) is 11.9 Å². The van der Waals surface area contributed by atoms with Crippen molar-refractivity contribution >= 4 is 11.6 Å². The molecule has 2 rings (SSSR count). The van der Waals surface area contributed by atoms with E-state index in [0.29, 0.717) is 23.6 Å². The fourth-order valence-electron chi connectivity index (χ4n) is 1.81. The number of hydrogen-bond acceptors (Lipinski definition) is 2. The van der Waals surface area contributed by atoms with Crippen LogP contribution in [0.3, 0.4) is 0 Å². The Kier molecular flexibility index (Phi) is 5.18. The lowest BCUT2D eigenvalue weighted by Gasteiger charge is -2.12. The summed E-state index contributed by atoms with van der Waals surface area (Å²) in [6, 6.07) is 16.7. The van der Waals surface area contributed by atoms with Crippen LogP contribution in [0.15, 0.2) is 54.6 Å². The number of rotatable bonds is 6. The van der Waals surface area contributed by atoms with Gasteiger partial charge in [0.15, 0.2) is 0 Å². The topological polar surface area (TPSA) is 38.3 Å². The van der Waals surface area contributed by atoms with Gasteiger partial charge in [0.05, 0.1) is 12.3 Å². The summed E-state index contributed by atoms with van der Waals surface area (Å²) in [6.45, 7) is 2.78. The molecule has 2 aromatic carbocycles. The average molecular weight is 269 g/mol. The number of ether oxygens (including phenoxy) is 1. The van der Waals surface area contributed by atoms with E-state index >= 15 is 0 Å². The summed E-state index contributed by atoms with van der Waals surface area (Å²) in [5, 5.41) is 2.89. The molecule has 3 nitrogen and oxygen atoms in total. The first-order chi connectivity index (χ1) is 9.81. The number of anilines is 1. The Morgan fingerprint density at radius 2 is 1.75 bits per heavy atom. The van der Waals surface area contributed by atoms with Crippen LogP contribution in [0.2, 0.25) is 0 Å². The van der Waals surface area contributed by atoms with Gasteiger partial charge < -0.3 is 10.1 Å². The van der Waals surface area contributed by atoms with Crippen LogP contribution in [0.5, 0.6) is 5.75 Å². The molecular weight excluding hydrogens is 250 g/mol. The molecule has 0 fully saturated rings. The molecule has 0 bridgehead atoms.